The first kappa shape index (κ1) is 13.1. The first-order valence-electron chi connectivity index (χ1n) is 6.42. The molecule has 1 aromatic rings. The van der Waals surface area contributed by atoms with E-state index in [9.17, 15) is 4.79 Å². The van der Waals surface area contributed by atoms with E-state index in [1.54, 1.807) is 4.90 Å². The molecule has 1 amide bonds. The topological polar surface area (TPSA) is 72.4 Å². The smallest absolute Gasteiger partial charge is 0.227 e. The highest BCUT2D eigenvalue weighted by Gasteiger charge is 2.34. The molecule has 2 rings (SSSR count). The number of aromatic nitrogens is 1. The van der Waals surface area contributed by atoms with E-state index in [-0.39, 0.29) is 11.9 Å². The van der Waals surface area contributed by atoms with Gasteiger partial charge in [0.05, 0.1) is 12.1 Å². The summed E-state index contributed by atoms with van der Waals surface area (Å²) >= 11 is 0. The zero-order chi connectivity index (χ0) is 13.3. The molecule has 0 aliphatic heterocycles. The van der Waals surface area contributed by atoms with Gasteiger partial charge < -0.3 is 15.2 Å². The predicted octanol–water partition coefficient (Wildman–Crippen LogP) is 1.03. The van der Waals surface area contributed by atoms with Crippen LogP contribution in [0, 0.1) is 19.8 Å². The molecule has 0 bridgehead atoms. The van der Waals surface area contributed by atoms with Crippen molar-refractivity contribution in [3.63, 3.8) is 0 Å². The SMILES string of the molecule is Cc1noc(C)c1CC(=O)N(C)C(CN)C1CC1. The van der Waals surface area contributed by atoms with Gasteiger partial charge in [0, 0.05) is 25.2 Å². The van der Waals surface area contributed by atoms with E-state index in [1.807, 2.05) is 20.9 Å². The van der Waals surface area contributed by atoms with Crippen molar-refractivity contribution >= 4 is 5.91 Å². The van der Waals surface area contributed by atoms with Crippen LogP contribution in [0.15, 0.2) is 4.52 Å². The highest BCUT2D eigenvalue weighted by Crippen LogP contribution is 2.34. The molecule has 0 saturated heterocycles. The summed E-state index contributed by atoms with van der Waals surface area (Å²) in [6.07, 6.45) is 2.72. The van der Waals surface area contributed by atoms with Crippen LogP contribution in [0.2, 0.25) is 0 Å². The Morgan fingerprint density at radius 3 is 2.67 bits per heavy atom. The second kappa shape index (κ2) is 5.10. The van der Waals surface area contributed by atoms with Gasteiger partial charge in [-0.25, -0.2) is 0 Å². The molecule has 2 N–H and O–H groups in total. The van der Waals surface area contributed by atoms with Crippen molar-refractivity contribution in [2.24, 2.45) is 11.7 Å². The molecule has 1 atom stereocenters. The molecule has 0 radical (unpaired) electrons. The summed E-state index contributed by atoms with van der Waals surface area (Å²) in [6.45, 7) is 4.23. The van der Waals surface area contributed by atoms with Gasteiger partial charge in [0.1, 0.15) is 5.76 Å². The average molecular weight is 251 g/mol. The molecule has 1 fully saturated rings. The summed E-state index contributed by atoms with van der Waals surface area (Å²) in [7, 11) is 1.84. The van der Waals surface area contributed by atoms with E-state index < -0.39 is 0 Å². The maximum atomic E-state index is 12.2. The number of amides is 1. The molecule has 1 aliphatic carbocycles. The Morgan fingerprint density at radius 1 is 1.56 bits per heavy atom. The van der Waals surface area contributed by atoms with Gasteiger partial charge in [0.2, 0.25) is 5.91 Å². The zero-order valence-electron chi connectivity index (χ0n) is 11.3. The first-order valence-corrected chi connectivity index (χ1v) is 6.42. The average Bonchev–Trinajstić information content (AvgIpc) is 3.12. The first-order chi connectivity index (χ1) is 8.54. The monoisotopic (exact) mass is 251 g/mol. The van der Waals surface area contributed by atoms with Crippen molar-refractivity contribution in [3.8, 4) is 0 Å². The Kier molecular flexibility index (Phi) is 3.71. The molecule has 1 saturated carbocycles. The van der Waals surface area contributed by atoms with Crippen molar-refractivity contribution in [2.45, 2.75) is 39.2 Å². The third-order valence-electron chi connectivity index (χ3n) is 3.81. The molecule has 1 heterocycles. The van der Waals surface area contributed by atoms with Crippen LogP contribution in [0.3, 0.4) is 0 Å². The molecule has 18 heavy (non-hydrogen) atoms. The molecule has 1 unspecified atom stereocenters. The van der Waals surface area contributed by atoms with Gasteiger partial charge >= 0.3 is 0 Å². The van der Waals surface area contributed by atoms with E-state index in [0.717, 1.165) is 17.0 Å². The number of carbonyl (C=O) groups excluding carboxylic acids is 1. The highest BCUT2D eigenvalue weighted by atomic mass is 16.5. The van der Waals surface area contributed by atoms with Gasteiger partial charge in [-0.05, 0) is 32.6 Å². The molecule has 5 heteroatoms. The van der Waals surface area contributed by atoms with E-state index in [1.165, 1.54) is 12.8 Å². The van der Waals surface area contributed by atoms with Crippen LogP contribution in [-0.2, 0) is 11.2 Å². The Hall–Kier alpha value is -1.36. The van der Waals surface area contributed by atoms with Crippen molar-refractivity contribution in [1.29, 1.82) is 0 Å². The van der Waals surface area contributed by atoms with Gasteiger partial charge in [0.15, 0.2) is 0 Å². The molecular weight excluding hydrogens is 230 g/mol. The summed E-state index contributed by atoms with van der Waals surface area (Å²) in [4.78, 5) is 14.0. The number of carbonyl (C=O) groups is 1. The van der Waals surface area contributed by atoms with E-state index in [2.05, 4.69) is 5.16 Å². The molecule has 100 valence electrons. The summed E-state index contributed by atoms with van der Waals surface area (Å²) < 4.78 is 5.08. The summed E-state index contributed by atoms with van der Waals surface area (Å²) in [5, 5.41) is 3.87. The quantitative estimate of drug-likeness (QED) is 0.848. The lowest BCUT2D eigenvalue weighted by Gasteiger charge is -2.27. The van der Waals surface area contributed by atoms with Crippen LogP contribution in [0.1, 0.15) is 29.9 Å². The van der Waals surface area contributed by atoms with Gasteiger partial charge in [-0.3, -0.25) is 4.79 Å². The van der Waals surface area contributed by atoms with Gasteiger partial charge in [0.25, 0.3) is 0 Å². The fourth-order valence-corrected chi connectivity index (χ4v) is 2.36. The van der Waals surface area contributed by atoms with Crippen LogP contribution in [0.25, 0.3) is 0 Å². The Balaban J connectivity index is 2.03. The lowest BCUT2D eigenvalue weighted by molar-refractivity contribution is -0.131. The summed E-state index contributed by atoms with van der Waals surface area (Å²) in [5.41, 5.74) is 7.46. The molecular formula is C13H21N3O2. The number of rotatable bonds is 5. The van der Waals surface area contributed by atoms with Crippen LogP contribution in [0.5, 0.6) is 0 Å². The molecule has 1 aromatic heterocycles. The minimum absolute atomic E-state index is 0.0896. The maximum Gasteiger partial charge on any atom is 0.227 e. The number of hydrogen-bond acceptors (Lipinski definition) is 4. The number of nitrogens with two attached hydrogens (primary N) is 1. The fourth-order valence-electron chi connectivity index (χ4n) is 2.36. The highest BCUT2D eigenvalue weighted by molar-refractivity contribution is 5.79. The van der Waals surface area contributed by atoms with Crippen molar-refractivity contribution in [2.75, 3.05) is 13.6 Å². The number of aryl methyl sites for hydroxylation is 2. The standard InChI is InChI=1S/C13H21N3O2/c1-8-11(9(2)18-15-8)6-13(17)16(3)12(7-14)10-4-5-10/h10,12H,4-7,14H2,1-3H3. The minimum atomic E-state index is 0.0896. The lowest BCUT2D eigenvalue weighted by atomic mass is 10.1. The Morgan fingerprint density at radius 2 is 2.22 bits per heavy atom. The predicted molar refractivity (Wildman–Crippen MR) is 68.0 cm³/mol. The van der Waals surface area contributed by atoms with E-state index in [4.69, 9.17) is 10.3 Å². The van der Waals surface area contributed by atoms with Gasteiger partial charge in [-0.2, -0.15) is 0 Å². The molecule has 0 aromatic carbocycles. The van der Waals surface area contributed by atoms with Crippen molar-refractivity contribution in [1.82, 2.24) is 10.1 Å². The summed E-state index contributed by atoms with van der Waals surface area (Å²) in [6, 6.07) is 0.179. The number of hydrogen-bond donors (Lipinski definition) is 1. The lowest BCUT2D eigenvalue weighted by Crippen LogP contribution is -2.44. The maximum absolute atomic E-state index is 12.2. The fraction of sp³-hybridized carbons (Fsp3) is 0.692. The Bertz CT molecular complexity index is 418. The second-order valence-electron chi connectivity index (χ2n) is 5.12. The normalized spacial score (nSPS) is 16.7. The third kappa shape index (κ3) is 2.56. The third-order valence-corrected chi connectivity index (χ3v) is 3.81. The number of likely N-dealkylation sites (N-methyl/N-ethyl adjacent to an activating group) is 1. The Labute approximate surface area is 107 Å². The largest absolute Gasteiger partial charge is 0.361 e. The van der Waals surface area contributed by atoms with Crippen LogP contribution in [-0.4, -0.2) is 35.6 Å². The van der Waals surface area contributed by atoms with Crippen LogP contribution < -0.4 is 5.73 Å². The minimum Gasteiger partial charge on any atom is -0.361 e. The van der Waals surface area contributed by atoms with Gasteiger partial charge in [-0.1, -0.05) is 5.16 Å². The van der Waals surface area contributed by atoms with Gasteiger partial charge in [-0.15, -0.1) is 0 Å². The molecule has 1 aliphatic rings. The second-order valence-corrected chi connectivity index (χ2v) is 5.12. The molecule has 0 spiro atoms. The van der Waals surface area contributed by atoms with Crippen molar-refractivity contribution < 1.29 is 9.32 Å². The summed E-state index contributed by atoms with van der Waals surface area (Å²) in [5.74, 6) is 1.41. The van der Waals surface area contributed by atoms with E-state index >= 15 is 0 Å². The van der Waals surface area contributed by atoms with Crippen LogP contribution in [0.4, 0.5) is 0 Å². The van der Waals surface area contributed by atoms with Crippen LogP contribution >= 0.6 is 0 Å². The molecule has 5 nitrogen and oxygen atoms in total. The zero-order valence-corrected chi connectivity index (χ0v) is 11.3. The number of nitrogens with zero attached hydrogens (tertiary/aromatic N) is 2. The van der Waals surface area contributed by atoms with Crippen molar-refractivity contribution in [3.05, 3.63) is 17.0 Å². The van der Waals surface area contributed by atoms with E-state index in [0.29, 0.717) is 18.9 Å².